The number of carbonyl (C=O) groups is 2. The van der Waals surface area contributed by atoms with Gasteiger partial charge in [-0.3, -0.25) is 14.5 Å². The van der Waals surface area contributed by atoms with E-state index in [0.717, 1.165) is 0 Å². The van der Waals surface area contributed by atoms with Crippen LogP contribution >= 0.6 is 0 Å². The van der Waals surface area contributed by atoms with Crippen LogP contribution in [0, 0.1) is 11.7 Å². The van der Waals surface area contributed by atoms with Gasteiger partial charge in [-0.15, -0.1) is 0 Å². The molecule has 0 saturated carbocycles. The Bertz CT molecular complexity index is 540. The van der Waals surface area contributed by atoms with Gasteiger partial charge >= 0.3 is 0 Å². The monoisotopic (exact) mass is 307 g/mol. The van der Waals surface area contributed by atoms with E-state index in [-0.39, 0.29) is 30.0 Å². The highest BCUT2D eigenvalue weighted by Crippen LogP contribution is 2.12. The quantitative estimate of drug-likeness (QED) is 0.918. The lowest BCUT2D eigenvalue weighted by molar-refractivity contribution is -0.136. The molecule has 0 aromatic heterocycles. The summed E-state index contributed by atoms with van der Waals surface area (Å²) in [7, 11) is 0. The second kappa shape index (κ2) is 7.35. The summed E-state index contributed by atoms with van der Waals surface area (Å²) in [6, 6.07) is 6.10. The molecule has 0 aliphatic carbocycles. The minimum Gasteiger partial charge on any atom is -0.340 e. The Morgan fingerprint density at radius 3 is 2.41 bits per heavy atom. The van der Waals surface area contributed by atoms with Gasteiger partial charge in [0, 0.05) is 32.1 Å². The largest absolute Gasteiger partial charge is 0.340 e. The van der Waals surface area contributed by atoms with Crippen LogP contribution in [0.5, 0.6) is 0 Å². The maximum absolute atomic E-state index is 13.5. The predicted octanol–water partition coefficient (Wildman–Crippen LogP) is 1.56. The van der Waals surface area contributed by atoms with Gasteiger partial charge in [-0.25, -0.2) is 4.39 Å². The first-order valence-corrected chi connectivity index (χ1v) is 7.53. The van der Waals surface area contributed by atoms with E-state index < -0.39 is 5.82 Å². The highest BCUT2D eigenvalue weighted by atomic mass is 19.1. The van der Waals surface area contributed by atoms with Gasteiger partial charge < -0.3 is 10.2 Å². The van der Waals surface area contributed by atoms with Crippen molar-refractivity contribution in [1.82, 2.24) is 9.80 Å². The molecule has 0 atom stereocenters. The fraction of sp³-hybridized carbons (Fsp3) is 0.500. The summed E-state index contributed by atoms with van der Waals surface area (Å²) in [4.78, 5) is 27.7. The van der Waals surface area contributed by atoms with Crippen molar-refractivity contribution in [1.29, 1.82) is 0 Å². The molecule has 1 aromatic rings. The van der Waals surface area contributed by atoms with E-state index in [1.54, 1.807) is 12.1 Å². The molecule has 6 heteroatoms. The molecule has 1 N–H and O–H groups in total. The SMILES string of the molecule is CC(C)C(=O)N1CCN(CC(=O)Nc2ccccc2F)CC1. The molecular weight excluding hydrogens is 285 g/mol. The van der Waals surface area contributed by atoms with E-state index >= 15 is 0 Å². The molecule has 0 unspecified atom stereocenters. The van der Waals surface area contributed by atoms with E-state index in [0.29, 0.717) is 26.2 Å². The number of halogens is 1. The van der Waals surface area contributed by atoms with Crippen LogP contribution in [0.4, 0.5) is 10.1 Å². The summed E-state index contributed by atoms with van der Waals surface area (Å²) < 4.78 is 13.5. The molecule has 0 spiro atoms. The van der Waals surface area contributed by atoms with Crippen molar-refractivity contribution in [3.8, 4) is 0 Å². The fourth-order valence-corrected chi connectivity index (χ4v) is 2.45. The molecule has 1 aliphatic rings. The van der Waals surface area contributed by atoms with E-state index in [9.17, 15) is 14.0 Å². The van der Waals surface area contributed by atoms with Crippen LogP contribution in [0.15, 0.2) is 24.3 Å². The standard InChI is InChI=1S/C16H22FN3O2/c1-12(2)16(22)20-9-7-19(8-10-20)11-15(21)18-14-6-4-3-5-13(14)17/h3-6,12H,7-11H2,1-2H3,(H,18,21). The summed E-state index contributed by atoms with van der Waals surface area (Å²) in [5.74, 6) is -0.539. The fourth-order valence-electron chi connectivity index (χ4n) is 2.45. The number of amides is 2. The van der Waals surface area contributed by atoms with Crippen molar-refractivity contribution in [3.05, 3.63) is 30.1 Å². The van der Waals surface area contributed by atoms with E-state index in [1.807, 2.05) is 23.6 Å². The van der Waals surface area contributed by atoms with Gasteiger partial charge in [-0.05, 0) is 12.1 Å². The summed E-state index contributed by atoms with van der Waals surface area (Å²) >= 11 is 0. The molecular formula is C16H22FN3O2. The number of benzene rings is 1. The number of hydrogen-bond acceptors (Lipinski definition) is 3. The zero-order valence-electron chi connectivity index (χ0n) is 13.0. The molecule has 0 radical (unpaired) electrons. The van der Waals surface area contributed by atoms with Crippen LogP contribution in [0.2, 0.25) is 0 Å². The first-order valence-electron chi connectivity index (χ1n) is 7.53. The Morgan fingerprint density at radius 1 is 1.18 bits per heavy atom. The summed E-state index contributed by atoms with van der Waals surface area (Å²) in [6.07, 6.45) is 0. The van der Waals surface area contributed by atoms with Crippen molar-refractivity contribution in [2.24, 2.45) is 5.92 Å². The van der Waals surface area contributed by atoms with Gasteiger partial charge in [0.15, 0.2) is 0 Å². The van der Waals surface area contributed by atoms with Gasteiger partial charge in [0.25, 0.3) is 0 Å². The number of hydrogen-bond donors (Lipinski definition) is 1. The molecule has 1 aliphatic heterocycles. The Hall–Kier alpha value is -1.95. The van der Waals surface area contributed by atoms with Crippen molar-refractivity contribution in [2.45, 2.75) is 13.8 Å². The first-order chi connectivity index (χ1) is 10.5. The summed E-state index contributed by atoms with van der Waals surface area (Å²) in [6.45, 7) is 6.55. The number of carbonyl (C=O) groups excluding carboxylic acids is 2. The third kappa shape index (κ3) is 4.27. The van der Waals surface area contributed by atoms with Crippen LogP contribution in [0.3, 0.4) is 0 Å². The average molecular weight is 307 g/mol. The van der Waals surface area contributed by atoms with Gasteiger partial charge in [-0.1, -0.05) is 26.0 Å². The molecule has 2 amide bonds. The Balaban J connectivity index is 1.80. The van der Waals surface area contributed by atoms with Crippen LogP contribution in [-0.2, 0) is 9.59 Å². The van der Waals surface area contributed by atoms with Crippen LogP contribution in [0.25, 0.3) is 0 Å². The second-order valence-corrected chi connectivity index (χ2v) is 5.78. The highest BCUT2D eigenvalue weighted by molar-refractivity contribution is 5.92. The number of anilines is 1. The average Bonchev–Trinajstić information content (AvgIpc) is 2.49. The summed E-state index contributed by atoms with van der Waals surface area (Å²) in [5, 5.41) is 2.57. The molecule has 120 valence electrons. The topological polar surface area (TPSA) is 52.7 Å². The van der Waals surface area contributed by atoms with Gasteiger partial charge in [-0.2, -0.15) is 0 Å². The van der Waals surface area contributed by atoms with Crippen LogP contribution in [-0.4, -0.2) is 54.3 Å². The van der Waals surface area contributed by atoms with E-state index in [4.69, 9.17) is 0 Å². The molecule has 22 heavy (non-hydrogen) atoms. The normalized spacial score (nSPS) is 15.9. The number of piperazine rings is 1. The Kier molecular flexibility index (Phi) is 5.49. The molecule has 0 bridgehead atoms. The van der Waals surface area contributed by atoms with Gasteiger partial charge in [0.05, 0.1) is 12.2 Å². The number of nitrogens with one attached hydrogen (secondary N) is 1. The molecule has 2 rings (SSSR count). The smallest absolute Gasteiger partial charge is 0.238 e. The maximum Gasteiger partial charge on any atom is 0.238 e. The van der Waals surface area contributed by atoms with Crippen molar-refractivity contribution in [3.63, 3.8) is 0 Å². The van der Waals surface area contributed by atoms with Gasteiger partial charge in [0.1, 0.15) is 5.82 Å². The molecule has 1 aromatic carbocycles. The number of rotatable bonds is 4. The highest BCUT2D eigenvalue weighted by Gasteiger charge is 2.23. The molecule has 1 saturated heterocycles. The van der Waals surface area contributed by atoms with Crippen LogP contribution in [0.1, 0.15) is 13.8 Å². The van der Waals surface area contributed by atoms with Crippen molar-refractivity contribution in [2.75, 3.05) is 38.0 Å². The second-order valence-electron chi connectivity index (χ2n) is 5.78. The minimum atomic E-state index is -0.441. The Morgan fingerprint density at radius 2 is 1.82 bits per heavy atom. The van der Waals surface area contributed by atoms with E-state index in [1.165, 1.54) is 12.1 Å². The number of nitrogens with zero attached hydrogens (tertiary/aromatic N) is 2. The van der Waals surface area contributed by atoms with Crippen LogP contribution < -0.4 is 5.32 Å². The summed E-state index contributed by atoms with van der Waals surface area (Å²) in [5.41, 5.74) is 0.195. The Labute approximate surface area is 130 Å². The van der Waals surface area contributed by atoms with Gasteiger partial charge in [0.2, 0.25) is 11.8 Å². The molecule has 1 fully saturated rings. The third-order valence-corrected chi connectivity index (χ3v) is 3.69. The third-order valence-electron chi connectivity index (χ3n) is 3.69. The molecule has 1 heterocycles. The lowest BCUT2D eigenvalue weighted by Gasteiger charge is -2.35. The number of para-hydroxylation sites is 1. The van der Waals surface area contributed by atoms with Crippen molar-refractivity contribution < 1.29 is 14.0 Å². The van der Waals surface area contributed by atoms with E-state index in [2.05, 4.69) is 5.32 Å². The maximum atomic E-state index is 13.5. The minimum absolute atomic E-state index is 0.00379. The molecule has 5 nitrogen and oxygen atoms in total. The van der Waals surface area contributed by atoms with Crippen molar-refractivity contribution >= 4 is 17.5 Å². The predicted molar refractivity (Wildman–Crippen MR) is 82.9 cm³/mol. The zero-order valence-corrected chi connectivity index (χ0v) is 13.0. The lowest BCUT2D eigenvalue weighted by atomic mass is 10.1. The first kappa shape index (κ1) is 16.4. The lowest BCUT2D eigenvalue weighted by Crippen LogP contribution is -2.51. The zero-order chi connectivity index (χ0) is 16.1.